The van der Waals surface area contributed by atoms with E-state index in [9.17, 15) is 19.5 Å². The Bertz CT molecular complexity index is 1450. The second-order valence-electron chi connectivity index (χ2n) is 12.1. The first-order valence-electron chi connectivity index (χ1n) is 14.1. The van der Waals surface area contributed by atoms with Gasteiger partial charge in [-0.3, -0.25) is 9.59 Å². The van der Waals surface area contributed by atoms with Crippen LogP contribution in [0.1, 0.15) is 46.5 Å². The standard InChI is InChI=1S/C32H37N3O6/c1-32(2,3)29(34-28(36)14-19-10-11-19)30(37)35-18-22(16-26(35)31(38)39)41-27-17-24(20-8-6-5-7-9-20)33-25-15-21(40-4)12-13-23(25)27/h5-9,12-13,15,17,19,22,26,29H,10-11,14,16,18H2,1-4H3,(H,34,36)(H,38,39). The molecule has 1 aromatic heterocycles. The lowest BCUT2D eigenvalue weighted by molar-refractivity contribution is -0.150. The van der Waals surface area contributed by atoms with E-state index in [1.807, 2.05) is 75.4 Å². The van der Waals surface area contributed by atoms with Gasteiger partial charge in [0.05, 0.1) is 24.9 Å². The van der Waals surface area contributed by atoms with Crippen molar-refractivity contribution < 1.29 is 29.0 Å². The first-order chi connectivity index (χ1) is 19.5. The normalized spacial score (nSPS) is 19.6. The first-order valence-corrected chi connectivity index (χ1v) is 14.1. The van der Waals surface area contributed by atoms with Gasteiger partial charge in [-0.05, 0) is 36.3 Å². The fraction of sp³-hybridized carbons (Fsp3) is 0.438. The maximum atomic E-state index is 13.8. The summed E-state index contributed by atoms with van der Waals surface area (Å²) in [6, 6.07) is 15.1. The van der Waals surface area contributed by atoms with Crippen LogP contribution in [0.5, 0.6) is 11.5 Å². The van der Waals surface area contributed by atoms with Gasteiger partial charge in [-0.15, -0.1) is 0 Å². The lowest BCUT2D eigenvalue weighted by Crippen LogP contribution is -2.56. The fourth-order valence-corrected chi connectivity index (χ4v) is 5.32. The lowest BCUT2D eigenvalue weighted by Gasteiger charge is -2.34. The lowest BCUT2D eigenvalue weighted by atomic mass is 9.85. The van der Waals surface area contributed by atoms with Gasteiger partial charge in [0.15, 0.2) is 0 Å². The fourth-order valence-electron chi connectivity index (χ4n) is 5.32. The highest BCUT2D eigenvalue weighted by molar-refractivity contribution is 5.92. The van der Waals surface area contributed by atoms with Crippen molar-refractivity contribution in [1.29, 1.82) is 0 Å². The third kappa shape index (κ3) is 6.45. The highest BCUT2D eigenvalue weighted by atomic mass is 16.5. The SMILES string of the molecule is COc1ccc2c(OC3CC(C(=O)O)N(C(=O)C(NC(=O)CC4CC4)C(C)(C)C)C3)cc(-c3ccccc3)nc2c1. The van der Waals surface area contributed by atoms with Crippen LogP contribution in [0.3, 0.4) is 0 Å². The second-order valence-corrected chi connectivity index (χ2v) is 12.1. The maximum Gasteiger partial charge on any atom is 0.326 e. The maximum absolute atomic E-state index is 13.8. The van der Waals surface area contributed by atoms with Crippen LogP contribution < -0.4 is 14.8 Å². The molecule has 41 heavy (non-hydrogen) atoms. The molecule has 1 aliphatic carbocycles. The molecule has 3 aromatic rings. The zero-order chi connectivity index (χ0) is 29.3. The molecule has 2 aromatic carbocycles. The van der Waals surface area contributed by atoms with Gasteiger partial charge >= 0.3 is 5.97 Å². The van der Waals surface area contributed by atoms with E-state index in [0.29, 0.717) is 35.0 Å². The van der Waals surface area contributed by atoms with Gasteiger partial charge in [0.25, 0.3) is 0 Å². The first kappa shape index (κ1) is 28.4. The summed E-state index contributed by atoms with van der Waals surface area (Å²) in [4.78, 5) is 45.0. The number of fused-ring (bicyclic) bond motifs is 1. The Morgan fingerprint density at radius 3 is 2.46 bits per heavy atom. The van der Waals surface area contributed by atoms with Crippen LogP contribution in [-0.4, -0.2) is 64.6 Å². The van der Waals surface area contributed by atoms with Crippen molar-refractivity contribution in [2.24, 2.45) is 11.3 Å². The molecular weight excluding hydrogens is 522 g/mol. The summed E-state index contributed by atoms with van der Waals surface area (Å²) in [5.74, 6) is -0.110. The van der Waals surface area contributed by atoms with Gasteiger partial charge < -0.3 is 24.8 Å². The van der Waals surface area contributed by atoms with Gasteiger partial charge in [0.1, 0.15) is 29.7 Å². The van der Waals surface area contributed by atoms with Gasteiger partial charge in [-0.2, -0.15) is 0 Å². The van der Waals surface area contributed by atoms with Crippen LogP contribution >= 0.6 is 0 Å². The molecule has 3 unspecified atom stereocenters. The molecular formula is C32H37N3O6. The van der Waals surface area contributed by atoms with Crippen LogP contribution in [-0.2, 0) is 14.4 Å². The monoisotopic (exact) mass is 559 g/mol. The van der Waals surface area contributed by atoms with Crippen LogP contribution in [0.15, 0.2) is 54.6 Å². The number of carboxylic acids is 1. The minimum absolute atomic E-state index is 0.0848. The number of rotatable bonds is 9. The molecule has 1 saturated carbocycles. The topological polar surface area (TPSA) is 118 Å². The second kappa shape index (κ2) is 11.4. The Morgan fingerprint density at radius 1 is 1.10 bits per heavy atom. The number of carbonyl (C=O) groups is 3. The zero-order valence-electron chi connectivity index (χ0n) is 23.9. The molecule has 2 fully saturated rings. The molecule has 0 radical (unpaired) electrons. The van der Waals surface area contributed by atoms with E-state index >= 15 is 0 Å². The Morgan fingerprint density at radius 2 is 1.83 bits per heavy atom. The number of nitrogens with one attached hydrogen (secondary N) is 1. The zero-order valence-corrected chi connectivity index (χ0v) is 23.9. The van der Waals surface area contributed by atoms with Gasteiger partial charge in [-0.1, -0.05) is 51.1 Å². The number of nitrogens with zero attached hydrogens (tertiary/aromatic N) is 2. The number of aliphatic carboxylic acids is 1. The minimum atomic E-state index is -1.10. The molecule has 2 heterocycles. The van der Waals surface area contributed by atoms with Crippen molar-refractivity contribution >= 4 is 28.7 Å². The number of ether oxygens (including phenoxy) is 2. The number of carbonyl (C=O) groups excluding carboxylic acids is 2. The summed E-state index contributed by atoms with van der Waals surface area (Å²) in [5.41, 5.74) is 1.67. The number of hydrogen-bond donors (Lipinski definition) is 2. The molecule has 216 valence electrons. The molecule has 5 rings (SSSR count). The van der Waals surface area contributed by atoms with Crippen LogP contribution in [0.4, 0.5) is 0 Å². The van der Waals surface area contributed by atoms with E-state index in [2.05, 4.69) is 5.32 Å². The largest absolute Gasteiger partial charge is 0.497 e. The molecule has 1 saturated heterocycles. The number of carboxylic acid groups (broad SMARTS) is 1. The molecule has 2 N–H and O–H groups in total. The third-order valence-electron chi connectivity index (χ3n) is 7.76. The van der Waals surface area contributed by atoms with Crippen molar-refractivity contribution in [3.05, 3.63) is 54.6 Å². The molecule has 0 bridgehead atoms. The summed E-state index contributed by atoms with van der Waals surface area (Å²) in [6.45, 7) is 5.70. The quantitative estimate of drug-likeness (QED) is 0.391. The van der Waals surface area contributed by atoms with Crippen LogP contribution in [0.2, 0.25) is 0 Å². The van der Waals surface area contributed by atoms with E-state index in [1.165, 1.54) is 4.90 Å². The van der Waals surface area contributed by atoms with Gasteiger partial charge in [-0.25, -0.2) is 9.78 Å². The van der Waals surface area contributed by atoms with Gasteiger partial charge in [0.2, 0.25) is 11.8 Å². The highest BCUT2D eigenvalue weighted by Crippen LogP contribution is 2.36. The molecule has 3 atom stereocenters. The number of methoxy groups -OCH3 is 1. The predicted octanol–water partition coefficient (Wildman–Crippen LogP) is 4.67. The molecule has 9 nitrogen and oxygen atoms in total. The van der Waals surface area contributed by atoms with Crippen molar-refractivity contribution in [1.82, 2.24) is 15.2 Å². The number of pyridine rings is 1. The van der Waals surface area contributed by atoms with E-state index in [1.54, 1.807) is 7.11 Å². The van der Waals surface area contributed by atoms with E-state index in [-0.39, 0.29) is 18.9 Å². The molecule has 2 amide bonds. The number of amides is 2. The third-order valence-corrected chi connectivity index (χ3v) is 7.76. The minimum Gasteiger partial charge on any atom is -0.497 e. The molecule has 2 aliphatic rings. The van der Waals surface area contributed by atoms with E-state index in [0.717, 1.165) is 23.8 Å². The average molecular weight is 560 g/mol. The van der Waals surface area contributed by atoms with E-state index in [4.69, 9.17) is 14.5 Å². The van der Waals surface area contributed by atoms with Crippen LogP contribution in [0, 0.1) is 11.3 Å². The molecule has 0 spiro atoms. The number of benzene rings is 2. The summed E-state index contributed by atoms with van der Waals surface area (Å²) in [7, 11) is 1.59. The Labute approximate surface area is 239 Å². The predicted molar refractivity (Wildman–Crippen MR) is 155 cm³/mol. The Kier molecular flexibility index (Phi) is 7.89. The van der Waals surface area contributed by atoms with Gasteiger partial charge in [0, 0.05) is 35.9 Å². The van der Waals surface area contributed by atoms with Crippen molar-refractivity contribution in [3.63, 3.8) is 0 Å². The summed E-state index contributed by atoms with van der Waals surface area (Å²) >= 11 is 0. The summed E-state index contributed by atoms with van der Waals surface area (Å²) in [6.07, 6.45) is 1.98. The number of hydrogen-bond acceptors (Lipinski definition) is 6. The molecule has 1 aliphatic heterocycles. The number of aromatic nitrogens is 1. The summed E-state index contributed by atoms with van der Waals surface area (Å²) < 4.78 is 11.9. The number of likely N-dealkylation sites (tertiary alicyclic amines) is 1. The average Bonchev–Trinajstić information content (AvgIpc) is 3.65. The van der Waals surface area contributed by atoms with Crippen molar-refractivity contribution in [2.75, 3.05) is 13.7 Å². The Balaban J connectivity index is 1.43. The van der Waals surface area contributed by atoms with Crippen LogP contribution in [0.25, 0.3) is 22.2 Å². The van der Waals surface area contributed by atoms with Crippen molar-refractivity contribution in [2.45, 2.75) is 64.6 Å². The van der Waals surface area contributed by atoms with E-state index < -0.39 is 35.5 Å². The smallest absolute Gasteiger partial charge is 0.326 e. The summed E-state index contributed by atoms with van der Waals surface area (Å²) in [5, 5.41) is 13.7. The Hall–Kier alpha value is -4.14. The highest BCUT2D eigenvalue weighted by Gasteiger charge is 2.46. The van der Waals surface area contributed by atoms with Crippen molar-refractivity contribution in [3.8, 4) is 22.8 Å². The molecule has 9 heteroatoms.